The number of nitrogens with zero attached hydrogens (tertiary/aromatic N) is 2. The van der Waals surface area contributed by atoms with Crippen LogP contribution < -0.4 is 5.32 Å². The Hall–Kier alpha value is -0.770. The number of hydrogen-bond acceptors (Lipinski definition) is 4. The van der Waals surface area contributed by atoms with Gasteiger partial charge in [-0.1, -0.05) is 12.0 Å². The van der Waals surface area contributed by atoms with Crippen molar-refractivity contribution in [2.45, 2.75) is 44.5 Å². The Bertz CT molecular complexity index is 326. The number of hydrogen-bond donors (Lipinski definition) is 1. The normalized spacial score (nSPS) is 27.9. The van der Waals surface area contributed by atoms with Gasteiger partial charge in [0.05, 0.1) is 0 Å². The molecule has 0 spiro atoms. The summed E-state index contributed by atoms with van der Waals surface area (Å²) in [5.41, 5.74) is 0. The van der Waals surface area contributed by atoms with E-state index in [0.717, 1.165) is 5.92 Å². The highest BCUT2D eigenvalue weighted by Gasteiger charge is 2.23. The van der Waals surface area contributed by atoms with E-state index in [1.807, 2.05) is 6.92 Å². The number of rotatable bonds is 3. The summed E-state index contributed by atoms with van der Waals surface area (Å²) in [5.74, 6) is 1.27. The molecule has 3 atom stereocenters. The number of anilines is 1. The quantitative estimate of drug-likeness (QED) is 0.810. The van der Waals surface area contributed by atoms with Crippen LogP contribution >= 0.6 is 11.6 Å². The van der Waals surface area contributed by atoms with Gasteiger partial charge in [0.15, 0.2) is 0 Å². The zero-order chi connectivity index (χ0) is 10.8. The fourth-order valence-corrected chi connectivity index (χ4v) is 2.05. The van der Waals surface area contributed by atoms with Gasteiger partial charge in [-0.05, 0) is 32.1 Å². The van der Waals surface area contributed by atoms with E-state index in [2.05, 4.69) is 22.4 Å². The van der Waals surface area contributed by atoms with E-state index in [-0.39, 0.29) is 5.38 Å². The van der Waals surface area contributed by atoms with Crippen LogP contribution in [0.5, 0.6) is 0 Å². The van der Waals surface area contributed by atoms with Gasteiger partial charge in [-0.2, -0.15) is 0 Å². The highest BCUT2D eigenvalue weighted by Crippen LogP contribution is 2.27. The molecule has 1 saturated carbocycles. The molecular weight excluding hydrogens is 214 g/mol. The van der Waals surface area contributed by atoms with E-state index in [9.17, 15) is 0 Å². The number of halogens is 1. The third kappa shape index (κ3) is 2.62. The smallest absolute Gasteiger partial charge is 0.315 e. The predicted octanol–water partition coefficient (Wildman–Crippen LogP) is 2.97. The summed E-state index contributed by atoms with van der Waals surface area (Å²) >= 11 is 5.83. The molecule has 0 amide bonds. The van der Waals surface area contributed by atoms with Gasteiger partial charge in [-0.25, -0.2) is 0 Å². The molecule has 15 heavy (non-hydrogen) atoms. The summed E-state index contributed by atoms with van der Waals surface area (Å²) in [7, 11) is 0. The van der Waals surface area contributed by atoms with Crippen molar-refractivity contribution in [1.82, 2.24) is 10.2 Å². The Morgan fingerprint density at radius 1 is 1.47 bits per heavy atom. The van der Waals surface area contributed by atoms with Crippen LogP contribution in [0.25, 0.3) is 0 Å². The van der Waals surface area contributed by atoms with E-state index in [1.165, 1.54) is 19.3 Å². The second kappa shape index (κ2) is 4.39. The first-order valence-electron chi connectivity index (χ1n) is 5.39. The van der Waals surface area contributed by atoms with Crippen molar-refractivity contribution in [3.63, 3.8) is 0 Å². The summed E-state index contributed by atoms with van der Waals surface area (Å²) in [6, 6.07) is 0.968. The average molecular weight is 230 g/mol. The molecule has 1 aliphatic carbocycles. The third-order valence-electron chi connectivity index (χ3n) is 2.80. The summed E-state index contributed by atoms with van der Waals surface area (Å²) in [6.45, 7) is 4.08. The molecular formula is C10H16ClN3O. The van der Waals surface area contributed by atoms with Gasteiger partial charge in [0, 0.05) is 6.04 Å². The molecule has 0 saturated heterocycles. The zero-order valence-electron chi connectivity index (χ0n) is 9.03. The Morgan fingerprint density at radius 2 is 2.27 bits per heavy atom. The standard InChI is InChI=1S/C10H16ClN3O/c1-6-3-4-8(5-6)12-10-14-13-9(15-10)7(2)11/h6-8H,3-5H2,1-2H3,(H,12,14). The monoisotopic (exact) mass is 229 g/mol. The second-order valence-electron chi connectivity index (χ2n) is 4.32. The molecule has 1 aromatic heterocycles. The topological polar surface area (TPSA) is 51.0 Å². The predicted molar refractivity (Wildman–Crippen MR) is 59.0 cm³/mol. The van der Waals surface area contributed by atoms with E-state index >= 15 is 0 Å². The van der Waals surface area contributed by atoms with E-state index in [0.29, 0.717) is 17.9 Å². The van der Waals surface area contributed by atoms with Gasteiger partial charge in [0.2, 0.25) is 5.89 Å². The molecule has 5 heteroatoms. The van der Waals surface area contributed by atoms with Crippen LogP contribution in [0.2, 0.25) is 0 Å². The van der Waals surface area contributed by atoms with Crippen LogP contribution in [-0.4, -0.2) is 16.2 Å². The number of aromatic nitrogens is 2. The molecule has 1 aromatic rings. The first-order valence-corrected chi connectivity index (χ1v) is 5.83. The maximum atomic E-state index is 5.83. The molecule has 3 unspecified atom stereocenters. The molecule has 2 rings (SSSR count). The van der Waals surface area contributed by atoms with Crippen molar-refractivity contribution < 1.29 is 4.42 Å². The lowest BCUT2D eigenvalue weighted by molar-refractivity contribution is 0.497. The molecule has 0 aliphatic heterocycles. The highest BCUT2D eigenvalue weighted by atomic mass is 35.5. The molecule has 1 fully saturated rings. The lowest BCUT2D eigenvalue weighted by Crippen LogP contribution is -2.15. The first-order chi connectivity index (χ1) is 7.15. The van der Waals surface area contributed by atoms with Crippen LogP contribution in [0.3, 0.4) is 0 Å². The van der Waals surface area contributed by atoms with Gasteiger partial charge in [0.1, 0.15) is 5.38 Å². The second-order valence-corrected chi connectivity index (χ2v) is 4.98. The Kier molecular flexibility index (Phi) is 3.14. The van der Waals surface area contributed by atoms with Crippen molar-refractivity contribution >= 4 is 17.6 Å². The minimum absolute atomic E-state index is 0.226. The molecule has 1 N–H and O–H groups in total. The summed E-state index contributed by atoms with van der Waals surface area (Å²) < 4.78 is 5.38. The minimum atomic E-state index is -0.226. The number of nitrogens with one attached hydrogen (secondary N) is 1. The number of alkyl halides is 1. The van der Waals surface area contributed by atoms with E-state index < -0.39 is 0 Å². The summed E-state index contributed by atoms with van der Waals surface area (Å²) in [4.78, 5) is 0. The van der Waals surface area contributed by atoms with Crippen LogP contribution in [0.1, 0.15) is 44.4 Å². The Labute approximate surface area is 94.4 Å². The van der Waals surface area contributed by atoms with Crippen LogP contribution in [0, 0.1) is 5.92 Å². The molecule has 0 radical (unpaired) electrons. The maximum absolute atomic E-state index is 5.83. The molecule has 1 aliphatic rings. The van der Waals surface area contributed by atoms with Crippen LogP contribution in [0.4, 0.5) is 6.01 Å². The molecule has 0 aromatic carbocycles. The van der Waals surface area contributed by atoms with E-state index in [4.69, 9.17) is 16.0 Å². The van der Waals surface area contributed by atoms with Crippen molar-refractivity contribution in [2.75, 3.05) is 5.32 Å². The van der Waals surface area contributed by atoms with Gasteiger partial charge < -0.3 is 9.73 Å². The van der Waals surface area contributed by atoms with Gasteiger partial charge in [-0.3, -0.25) is 0 Å². The van der Waals surface area contributed by atoms with Crippen molar-refractivity contribution in [2.24, 2.45) is 5.92 Å². The van der Waals surface area contributed by atoms with E-state index in [1.54, 1.807) is 0 Å². The SMILES string of the molecule is CC1CCC(Nc2nnc(C(C)Cl)o2)C1. The van der Waals surface area contributed by atoms with Gasteiger partial charge in [0.25, 0.3) is 0 Å². The van der Waals surface area contributed by atoms with Gasteiger partial charge >= 0.3 is 6.01 Å². The van der Waals surface area contributed by atoms with Crippen LogP contribution in [-0.2, 0) is 0 Å². The minimum Gasteiger partial charge on any atom is -0.406 e. The Morgan fingerprint density at radius 3 is 2.80 bits per heavy atom. The first kappa shape index (κ1) is 10.7. The summed E-state index contributed by atoms with van der Waals surface area (Å²) in [5, 5.41) is 10.8. The molecule has 4 nitrogen and oxygen atoms in total. The lowest BCUT2D eigenvalue weighted by Gasteiger charge is -2.08. The fourth-order valence-electron chi connectivity index (χ4n) is 1.97. The lowest BCUT2D eigenvalue weighted by atomic mass is 10.1. The van der Waals surface area contributed by atoms with Crippen molar-refractivity contribution in [3.05, 3.63) is 5.89 Å². The highest BCUT2D eigenvalue weighted by molar-refractivity contribution is 6.20. The van der Waals surface area contributed by atoms with Crippen LogP contribution in [0.15, 0.2) is 4.42 Å². The van der Waals surface area contributed by atoms with Crippen molar-refractivity contribution in [1.29, 1.82) is 0 Å². The molecule has 1 heterocycles. The molecule has 0 bridgehead atoms. The van der Waals surface area contributed by atoms with Crippen molar-refractivity contribution in [3.8, 4) is 0 Å². The van der Waals surface area contributed by atoms with Gasteiger partial charge in [-0.15, -0.1) is 16.7 Å². The largest absolute Gasteiger partial charge is 0.406 e. The summed E-state index contributed by atoms with van der Waals surface area (Å²) in [6.07, 6.45) is 3.62. The Balaban J connectivity index is 1.93. The average Bonchev–Trinajstić information content (AvgIpc) is 2.76. The third-order valence-corrected chi connectivity index (χ3v) is 2.99. The molecule has 84 valence electrons. The maximum Gasteiger partial charge on any atom is 0.315 e. The zero-order valence-corrected chi connectivity index (χ0v) is 9.79. The fraction of sp³-hybridized carbons (Fsp3) is 0.800.